The largest absolute Gasteiger partial charge is 0.481 e. The molecule has 48 heavy (non-hydrogen) atoms. The Balaban J connectivity index is 0. The van der Waals surface area contributed by atoms with E-state index in [1.54, 1.807) is 6.08 Å². The Morgan fingerprint density at radius 2 is 0.583 bits per heavy atom. The maximum Gasteiger partial charge on any atom is 0.307 e. The van der Waals surface area contributed by atoms with Crippen LogP contribution in [0.3, 0.4) is 0 Å². The summed E-state index contributed by atoms with van der Waals surface area (Å²) in [6.07, 6.45) is 54.4. The third-order valence-corrected chi connectivity index (χ3v) is 9.34. The van der Waals surface area contributed by atoms with Crippen molar-refractivity contribution in [2.75, 3.05) is 0 Å². The van der Waals surface area contributed by atoms with Crippen LogP contribution < -0.4 is 0 Å². The Morgan fingerprint density at radius 1 is 0.333 bits per heavy atom. The molecule has 0 rings (SSSR count). The van der Waals surface area contributed by atoms with Gasteiger partial charge in [-0.25, -0.2) is 0 Å². The number of carboxylic acids is 2. The van der Waals surface area contributed by atoms with Crippen LogP contribution in [0.4, 0.5) is 0 Å². The molecular formula is C44H84O4. The zero-order valence-corrected chi connectivity index (χ0v) is 32.5. The molecule has 0 amide bonds. The van der Waals surface area contributed by atoms with Crippen LogP contribution in [0.5, 0.6) is 0 Å². The van der Waals surface area contributed by atoms with Crippen molar-refractivity contribution < 1.29 is 19.8 Å². The van der Waals surface area contributed by atoms with Gasteiger partial charge in [0.25, 0.3) is 0 Å². The van der Waals surface area contributed by atoms with E-state index in [0.29, 0.717) is 6.42 Å². The van der Waals surface area contributed by atoms with E-state index in [0.717, 1.165) is 19.3 Å². The van der Waals surface area contributed by atoms with Gasteiger partial charge in [0, 0.05) is 6.42 Å². The number of carboxylic acid groups (broad SMARTS) is 2. The Hall–Kier alpha value is -1.58. The van der Waals surface area contributed by atoms with Gasteiger partial charge in [0.15, 0.2) is 0 Å². The summed E-state index contributed by atoms with van der Waals surface area (Å²) < 4.78 is 0. The molecule has 0 bridgehead atoms. The van der Waals surface area contributed by atoms with E-state index >= 15 is 0 Å². The first-order valence-electron chi connectivity index (χ1n) is 21.3. The molecule has 0 heterocycles. The second-order valence-corrected chi connectivity index (χ2v) is 14.3. The van der Waals surface area contributed by atoms with Gasteiger partial charge in [0.2, 0.25) is 0 Å². The normalized spacial score (nSPS) is 11.4. The van der Waals surface area contributed by atoms with Gasteiger partial charge in [-0.05, 0) is 44.9 Å². The van der Waals surface area contributed by atoms with Crippen LogP contribution in [-0.2, 0) is 9.59 Å². The highest BCUT2D eigenvalue weighted by atomic mass is 16.4. The first kappa shape index (κ1) is 48.5. The lowest BCUT2D eigenvalue weighted by molar-refractivity contribution is -0.137. The van der Waals surface area contributed by atoms with Crippen molar-refractivity contribution in [1.82, 2.24) is 0 Å². The molecule has 0 aromatic heterocycles. The summed E-state index contributed by atoms with van der Waals surface area (Å²) in [5, 5.41) is 17.1. The Morgan fingerprint density at radius 3 is 0.854 bits per heavy atom. The summed E-state index contributed by atoms with van der Waals surface area (Å²) in [6.45, 7) is 4.55. The molecule has 0 spiro atoms. The minimum Gasteiger partial charge on any atom is -0.481 e. The van der Waals surface area contributed by atoms with Crippen LogP contribution in [0.2, 0.25) is 0 Å². The SMILES string of the molecule is CCCCCCCC/C=C/CCCCCCCCCCCC(=O)O.CCCCCCCCCCCCCCCCCCC=CCC(=O)O. The van der Waals surface area contributed by atoms with Crippen molar-refractivity contribution in [2.24, 2.45) is 0 Å². The van der Waals surface area contributed by atoms with Crippen LogP contribution in [0, 0.1) is 0 Å². The van der Waals surface area contributed by atoms with E-state index in [1.165, 1.54) is 199 Å². The zero-order chi connectivity index (χ0) is 35.4. The number of hydrogen-bond acceptors (Lipinski definition) is 2. The maximum absolute atomic E-state index is 10.4. The predicted molar refractivity (Wildman–Crippen MR) is 211 cm³/mol. The molecule has 0 aliphatic rings. The van der Waals surface area contributed by atoms with Gasteiger partial charge in [-0.3, -0.25) is 9.59 Å². The Labute approximate surface area is 300 Å². The average molecular weight is 677 g/mol. The van der Waals surface area contributed by atoms with E-state index in [-0.39, 0.29) is 6.42 Å². The number of allylic oxidation sites excluding steroid dienone is 3. The van der Waals surface area contributed by atoms with Gasteiger partial charge >= 0.3 is 11.9 Å². The molecule has 0 aromatic carbocycles. The lowest BCUT2D eigenvalue weighted by atomic mass is 10.0. The van der Waals surface area contributed by atoms with Crippen molar-refractivity contribution in [1.29, 1.82) is 0 Å². The molecule has 4 nitrogen and oxygen atoms in total. The van der Waals surface area contributed by atoms with Gasteiger partial charge in [0.1, 0.15) is 0 Å². The van der Waals surface area contributed by atoms with Crippen LogP contribution in [-0.4, -0.2) is 22.2 Å². The fourth-order valence-corrected chi connectivity index (χ4v) is 6.17. The average Bonchev–Trinajstić information content (AvgIpc) is 3.07. The fraction of sp³-hybridized carbons (Fsp3) is 0.864. The summed E-state index contributed by atoms with van der Waals surface area (Å²) in [5.74, 6) is -1.39. The molecule has 0 unspecified atom stereocenters. The summed E-state index contributed by atoms with van der Waals surface area (Å²) in [5.41, 5.74) is 0. The molecule has 0 saturated heterocycles. The molecule has 0 aliphatic carbocycles. The lowest BCUT2D eigenvalue weighted by Gasteiger charge is -2.03. The second-order valence-electron chi connectivity index (χ2n) is 14.3. The molecular weight excluding hydrogens is 592 g/mol. The fourth-order valence-electron chi connectivity index (χ4n) is 6.17. The van der Waals surface area contributed by atoms with Crippen LogP contribution in [0.25, 0.3) is 0 Å². The van der Waals surface area contributed by atoms with Crippen molar-refractivity contribution in [3.63, 3.8) is 0 Å². The molecule has 0 aromatic rings. The zero-order valence-electron chi connectivity index (χ0n) is 32.5. The molecule has 284 valence electrons. The topological polar surface area (TPSA) is 74.6 Å². The third kappa shape index (κ3) is 51.3. The van der Waals surface area contributed by atoms with E-state index in [9.17, 15) is 9.59 Å². The van der Waals surface area contributed by atoms with E-state index in [2.05, 4.69) is 26.0 Å². The Kier molecular flexibility index (Phi) is 45.9. The number of carbonyl (C=O) groups is 2. The van der Waals surface area contributed by atoms with Gasteiger partial charge in [-0.15, -0.1) is 0 Å². The number of rotatable bonds is 38. The van der Waals surface area contributed by atoms with Crippen molar-refractivity contribution in [2.45, 2.75) is 245 Å². The minimum atomic E-state index is -0.738. The maximum atomic E-state index is 10.4. The molecule has 4 heteroatoms. The molecule has 0 fully saturated rings. The van der Waals surface area contributed by atoms with Gasteiger partial charge in [-0.2, -0.15) is 0 Å². The van der Waals surface area contributed by atoms with Gasteiger partial charge < -0.3 is 10.2 Å². The smallest absolute Gasteiger partial charge is 0.307 e. The van der Waals surface area contributed by atoms with E-state index in [4.69, 9.17) is 10.2 Å². The molecule has 0 atom stereocenters. The summed E-state index contributed by atoms with van der Waals surface area (Å²) in [6, 6.07) is 0. The number of aliphatic carboxylic acids is 2. The first-order valence-corrected chi connectivity index (χ1v) is 21.3. The Bertz CT molecular complexity index is 683. The van der Waals surface area contributed by atoms with Gasteiger partial charge in [0.05, 0.1) is 6.42 Å². The molecule has 0 radical (unpaired) electrons. The third-order valence-electron chi connectivity index (χ3n) is 9.34. The summed E-state index contributed by atoms with van der Waals surface area (Å²) >= 11 is 0. The standard InChI is InChI=1S/2C22H42O2/c2*1-2-3-4-5-6-7-8-9-10-11-12-13-14-15-16-17-18-19-20-21-22(23)24/h19-20H,2-18,21H2,1H3,(H,23,24);9-10H,2-8,11-21H2,1H3,(H,23,24)/b;10-9+. The first-order chi connectivity index (χ1) is 23.5. The predicted octanol–water partition coefficient (Wildman–Crippen LogP) is 15.3. The highest BCUT2D eigenvalue weighted by Gasteiger charge is 1.97. The highest BCUT2D eigenvalue weighted by Crippen LogP contribution is 2.15. The monoisotopic (exact) mass is 677 g/mol. The quantitative estimate of drug-likeness (QED) is 0.0504. The van der Waals surface area contributed by atoms with E-state index in [1.807, 2.05) is 6.08 Å². The number of hydrogen-bond donors (Lipinski definition) is 2. The number of unbranched alkanes of at least 4 members (excludes halogenated alkanes) is 31. The van der Waals surface area contributed by atoms with Crippen molar-refractivity contribution >= 4 is 11.9 Å². The highest BCUT2D eigenvalue weighted by molar-refractivity contribution is 5.68. The molecule has 0 saturated carbocycles. The second kappa shape index (κ2) is 45.4. The van der Waals surface area contributed by atoms with Crippen LogP contribution in [0.15, 0.2) is 24.3 Å². The summed E-state index contributed by atoms with van der Waals surface area (Å²) in [4.78, 5) is 20.7. The van der Waals surface area contributed by atoms with Gasteiger partial charge in [-0.1, -0.05) is 212 Å². The van der Waals surface area contributed by atoms with Crippen LogP contribution >= 0.6 is 0 Å². The van der Waals surface area contributed by atoms with E-state index < -0.39 is 11.9 Å². The molecule has 2 N–H and O–H groups in total. The summed E-state index contributed by atoms with van der Waals surface area (Å²) in [7, 11) is 0. The molecule has 0 aliphatic heterocycles. The van der Waals surface area contributed by atoms with Crippen LogP contribution in [0.1, 0.15) is 245 Å². The van der Waals surface area contributed by atoms with Crippen molar-refractivity contribution in [3.05, 3.63) is 24.3 Å². The van der Waals surface area contributed by atoms with Crippen molar-refractivity contribution in [3.8, 4) is 0 Å². The minimum absolute atomic E-state index is 0.166. The lowest BCUT2D eigenvalue weighted by Crippen LogP contribution is -1.93.